The summed E-state index contributed by atoms with van der Waals surface area (Å²) >= 11 is 5.92. The Labute approximate surface area is 146 Å². The third-order valence-corrected chi connectivity index (χ3v) is 5.49. The van der Waals surface area contributed by atoms with Crippen molar-refractivity contribution in [2.24, 2.45) is 0 Å². The normalized spacial score (nSPS) is 11.2. The summed E-state index contributed by atoms with van der Waals surface area (Å²) in [6.45, 7) is 0. The number of carbonyl (C=O) groups is 1. The van der Waals surface area contributed by atoms with Crippen molar-refractivity contribution in [1.82, 2.24) is 5.06 Å². The molecule has 0 saturated carbocycles. The zero-order valence-corrected chi connectivity index (χ0v) is 15.0. The Kier molecular flexibility index (Phi) is 5.48. The smallest absolute Gasteiger partial charge is 0.274 e. The lowest BCUT2D eigenvalue weighted by molar-refractivity contribution is -0.0757. The van der Waals surface area contributed by atoms with Gasteiger partial charge >= 0.3 is 0 Å². The molecule has 24 heavy (non-hydrogen) atoms. The molecule has 2 aromatic carbocycles. The molecular formula is C16H17ClN2O4S. The molecular weight excluding hydrogens is 352 g/mol. The van der Waals surface area contributed by atoms with Gasteiger partial charge in [-0.2, -0.15) is 0 Å². The Bertz CT molecular complexity index is 855. The highest BCUT2D eigenvalue weighted by Crippen LogP contribution is 2.25. The molecule has 0 N–H and O–H groups in total. The second kappa shape index (κ2) is 7.21. The number of amides is 1. The molecule has 0 aliphatic carbocycles. The topological polar surface area (TPSA) is 66.9 Å². The lowest BCUT2D eigenvalue weighted by Crippen LogP contribution is -2.28. The van der Waals surface area contributed by atoms with Gasteiger partial charge in [0.2, 0.25) is 0 Å². The number of carbonyl (C=O) groups excluding carboxylic acids is 1. The van der Waals surface area contributed by atoms with Gasteiger partial charge in [0, 0.05) is 24.7 Å². The zero-order chi connectivity index (χ0) is 17.9. The fourth-order valence-electron chi connectivity index (χ4n) is 2.02. The van der Waals surface area contributed by atoms with Gasteiger partial charge < -0.3 is 0 Å². The van der Waals surface area contributed by atoms with Crippen molar-refractivity contribution < 1.29 is 18.0 Å². The number of nitrogens with zero attached hydrogens (tertiary/aromatic N) is 2. The van der Waals surface area contributed by atoms with Crippen molar-refractivity contribution in [1.29, 1.82) is 0 Å². The van der Waals surface area contributed by atoms with Gasteiger partial charge in [0.15, 0.2) is 0 Å². The van der Waals surface area contributed by atoms with Crippen molar-refractivity contribution in [3.63, 3.8) is 0 Å². The predicted octanol–water partition coefficient (Wildman–Crippen LogP) is 2.80. The van der Waals surface area contributed by atoms with E-state index in [0.29, 0.717) is 10.7 Å². The van der Waals surface area contributed by atoms with Crippen molar-refractivity contribution >= 4 is 33.2 Å². The number of halogens is 1. The van der Waals surface area contributed by atoms with E-state index in [4.69, 9.17) is 16.4 Å². The quantitative estimate of drug-likeness (QED) is 0.761. The van der Waals surface area contributed by atoms with E-state index < -0.39 is 15.9 Å². The molecule has 0 unspecified atom stereocenters. The first kappa shape index (κ1) is 18.3. The van der Waals surface area contributed by atoms with Gasteiger partial charge in [-0.1, -0.05) is 23.7 Å². The summed E-state index contributed by atoms with van der Waals surface area (Å²) in [6.07, 6.45) is 0. The Hall–Kier alpha value is -2.09. The standard InChI is InChI=1S/C16H17ClN2O4S/c1-18(23-3)16(20)12-6-4-9-15(10-12)24(21,22)19(2)14-8-5-7-13(17)11-14/h4-11H,1-3H3. The summed E-state index contributed by atoms with van der Waals surface area (Å²) in [7, 11) is 0.392. The average molecular weight is 369 g/mol. The Morgan fingerprint density at radius 2 is 1.75 bits per heavy atom. The molecule has 0 aliphatic rings. The molecule has 0 aliphatic heterocycles. The minimum Gasteiger partial charge on any atom is -0.274 e. The molecule has 0 heterocycles. The molecule has 2 aromatic rings. The van der Waals surface area contributed by atoms with Crippen LogP contribution in [0.4, 0.5) is 5.69 Å². The van der Waals surface area contributed by atoms with E-state index in [1.165, 1.54) is 45.5 Å². The Morgan fingerprint density at radius 3 is 2.38 bits per heavy atom. The summed E-state index contributed by atoms with van der Waals surface area (Å²) < 4.78 is 26.7. The predicted molar refractivity (Wildman–Crippen MR) is 92.6 cm³/mol. The van der Waals surface area contributed by atoms with Crippen molar-refractivity contribution in [3.05, 3.63) is 59.1 Å². The summed E-state index contributed by atoms with van der Waals surface area (Å²) in [5.41, 5.74) is 0.633. The molecule has 1 amide bonds. The van der Waals surface area contributed by atoms with E-state index in [2.05, 4.69) is 0 Å². The number of hydroxylamine groups is 2. The Balaban J connectivity index is 2.41. The monoisotopic (exact) mass is 368 g/mol. The van der Waals surface area contributed by atoms with Crippen molar-refractivity contribution in [2.45, 2.75) is 4.90 Å². The fourth-order valence-corrected chi connectivity index (χ4v) is 3.44. The first-order valence-electron chi connectivity index (χ1n) is 6.94. The van der Waals surface area contributed by atoms with E-state index in [-0.39, 0.29) is 10.5 Å². The average Bonchev–Trinajstić information content (AvgIpc) is 2.59. The minimum atomic E-state index is -3.83. The summed E-state index contributed by atoms with van der Waals surface area (Å²) in [5, 5.41) is 1.45. The van der Waals surface area contributed by atoms with Gasteiger partial charge in [-0.15, -0.1) is 0 Å². The highest BCUT2D eigenvalue weighted by atomic mass is 35.5. The molecule has 8 heteroatoms. The third-order valence-electron chi connectivity index (χ3n) is 3.47. The van der Waals surface area contributed by atoms with Gasteiger partial charge in [-0.25, -0.2) is 13.5 Å². The van der Waals surface area contributed by atoms with E-state index in [1.807, 2.05) is 0 Å². The second-order valence-corrected chi connectivity index (χ2v) is 7.37. The number of anilines is 1. The van der Waals surface area contributed by atoms with Gasteiger partial charge in [0.1, 0.15) is 0 Å². The molecule has 0 fully saturated rings. The van der Waals surface area contributed by atoms with Crippen LogP contribution >= 0.6 is 11.6 Å². The molecule has 0 bridgehead atoms. The Morgan fingerprint density at radius 1 is 1.08 bits per heavy atom. The van der Waals surface area contributed by atoms with Gasteiger partial charge in [-0.3, -0.25) is 13.9 Å². The van der Waals surface area contributed by atoms with Crippen molar-refractivity contribution in [2.75, 3.05) is 25.5 Å². The van der Waals surface area contributed by atoms with E-state index in [1.54, 1.807) is 24.3 Å². The SMILES string of the molecule is CON(C)C(=O)c1cccc(S(=O)(=O)N(C)c2cccc(Cl)c2)c1. The lowest BCUT2D eigenvalue weighted by atomic mass is 10.2. The van der Waals surface area contributed by atoms with Crippen LogP contribution in [0.25, 0.3) is 0 Å². The molecule has 0 atom stereocenters. The fraction of sp³-hybridized carbons (Fsp3) is 0.188. The maximum absolute atomic E-state index is 12.8. The van der Waals surface area contributed by atoms with Crippen LogP contribution in [0.15, 0.2) is 53.4 Å². The van der Waals surface area contributed by atoms with E-state index in [9.17, 15) is 13.2 Å². The van der Waals surface area contributed by atoms with Crippen LogP contribution in [-0.2, 0) is 14.9 Å². The maximum atomic E-state index is 12.8. The molecule has 6 nitrogen and oxygen atoms in total. The second-order valence-electron chi connectivity index (χ2n) is 4.97. The van der Waals surface area contributed by atoms with Crippen molar-refractivity contribution in [3.8, 4) is 0 Å². The van der Waals surface area contributed by atoms with Gasteiger partial charge in [0.25, 0.3) is 15.9 Å². The number of hydrogen-bond donors (Lipinski definition) is 0. The summed E-state index contributed by atoms with van der Waals surface area (Å²) in [5.74, 6) is -0.444. The highest BCUT2D eigenvalue weighted by molar-refractivity contribution is 7.92. The van der Waals surface area contributed by atoms with Crippen LogP contribution in [0.2, 0.25) is 5.02 Å². The lowest BCUT2D eigenvalue weighted by Gasteiger charge is -2.20. The zero-order valence-electron chi connectivity index (χ0n) is 13.4. The summed E-state index contributed by atoms with van der Waals surface area (Å²) in [4.78, 5) is 16.9. The number of rotatable bonds is 5. The summed E-state index contributed by atoms with van der Waals surface area (Å²) in [6, 6.07) is 12.3. The maximum Gasteiger partial charge on any atom is 0.277 e. The first-order valence-corrected chi connectivity index (χ1v) is 8.76. The van der Waals surface area contributed by atoms with Crippen LogP contribution in [0.3, 0.4) is 0 Å². The third kappa shape index (κ3) is 3.69. The molecule has 128 valence electrons. The van der Waals surface area contributed by atoms with Crippen LogP contribution in [-0.4, -0.2) is 40.6 Å². The number of benzene rings is 2. The molecule has 0 aromatic heterocycles. The van der Waals surface area contributed by atoms with Crippen LogP contribution in [0, 0.1) is 0 Å². The van der Waals surface area contributed by atoms with E-state index in [0.717, 1.165) is 9.37 Å². The van der Waals surface area contributed by atoms with E-state index >= 15 is 0 Å². The minimum absolute atomic E-state index is 0.000304. The van der Waals surface area contributed by atoms with Gasteiger partial charge in [-0.05, 0) is 36.4 Å². The highest BCUT2D eigenvalue weighted by Gasteiger charge is 2.23. The molecule has 0 spiro atoms. The first-order chi connectivity index (χ1) is 11.3. The molecule has 0 saturated heterocycles. The number of sulfonamides is 1. The van der Waals surface area contributed by atoms with Crippen LogP contribution < -0.4 is 4.31 Å². The van der Waals surface area contributed by atoms with Gasteiger partial charge in [0.05, 0.1) is 17.7 Å². The molecule has 0 radical (unpaired) electrons. The molecule has 2 rings (SSSR count). The number of hydrogen-bond acceptors (Lipinski definition) is 4. The van der Waals surface area contributed by atoms with Crippen LogP contribution in [0.5, 0.6) is 0 Å². The largest absolute Gasteiger partial charge is 0.277 e. The van der Waals surface area contributed by atoms with Crippen LogP contribution in [0.1, 0.15) is 10.4 Å².